The predicted molar refractivity (Wildman–Crippen MR) is 135 cm³/mol. The molecule has 1 unspecified atom stereocenters. The van der Waals surface area contributed by atoms with Gasteiger partial charge in [-0.25, -0.2) is 15.0 Å². The van der Waals surface area contributed by atoms with Gasteiger partial charge in [0.15, 0.2) is 0 Å². The first kappa shape index (κ1) is 21.3. The largest absolute Gasteiger partial charge is 0.338 e. The van der Waals surface area contributed by atoms with Crippen molar-refractivity contribution in [3.05, 3.63) is 95.2 Å². The first-order chi connectivity index (χ1) is 16.8. The zero-order valence-corrected chi connectivity index (χ0v) is 19.8. The van der Waals surface area contributed by atoms with Crippen LogP contribution in [0.4, 0.5) is 5.95 Å². The topological polar surface area (TPSA) is 50.1 Å². The summed E-state index contributed by atoms with van der Waals surface area (Å²) in [5.74, 6) is 1.05. The number of benzene rings is 2. The molecule has 7 heteroatoms. The smallest absolute Gasteiger partial charge is 0.225 e. The molecule has 3 heterocycles. The summed E-state index contributed by atoms with van der Waals surface area (Å²) in [5.41, 5.74) is 5.89. The summed E-state index contributed by atoms with van der Waals surface area (Å²) in [6, 6.07) is 16.8. The van der Waals surface area contributed by atoms with Gasteiger partial charge in [-0.2, -0.15) is 0 Å². The van der Waals surface area contributed by atoms with Gasteiger partial charge in [0.2, 0.25) is 5.95 Å². The van der Waals surface area contributed by atoms with Crippen LogP contribution >= 0.6 is 11.6 Å². The second kappa shape index (κ2) is 9.20. The van der Waals surface area contributed by atoms with Crippen LogP contribution in [0.1, 0.15) is 22.6 Å². The monoisotopic (exact) mass is 470 g/mol. The van der Waals surface area contributed by atoms with E-state index >= 15 is 0 Å². The zero-order chi connectivity index (χ0) is 22.9. The number of imidazole rings is 1. The lowest BCUT2D eigenvalue weighted by atomic mass is 9.78. The highest BCUT2D eigenvalue weighted by Gasteiger charge is 2.29. The molecule has 0 spiro atoms. The summed E-state index contributed by atoms with van der Waals surface area (Å²) >= 11 is 6.59. The highest BCUT2D eigenvalue weighted by atomic mass is 35.5. The van der Waals surface area contributed by atoms with Crippen molar-refractivity contribution in [2.45, 2.75) is 18.9 Å². The molecule has 6 rings (SSSR count). The molecule has 1 saturated heterocycles. The molecular formula is C27H27ClN6. The summed E-state index contributed by atoms with van der Waals surface area (Å²) in [5, 5.41) is 0.814. The molecule has 2 aromatic carbocycles. The molecule has 34 heavy (non-hydrogen) atoms. The highest BCUT2D eigenvalue weighted by Crippen LogP contribution is 2.43. The maximum Gasteiger partial charge on any atom is 0.225 e. The van der Waals surface area contributed by atoms with Crippen molar-refractivity contribution in [3.63, 3.8) is 0 Å². The van der Waals surface area contributed by atoms with Gasteiger partial charge in [-0.3, -0.25) is 4.90 Å². The lowest BCUT2D eigenvalue weighted by Gasteiger charge is -2.35. The quantitative estimate of drug-likeness (QED) is 0.429. The fraction of sp³-hybridized carbons (Fsp3) is 0.296. The van der Waals surface area contributed by atoms with Crippen LogP contribution in [0.5, 0.6) is 0 Å². The molecular weight excluding hydrogens is 444 g/mol. The van der Waals surface area contributed by atoms with Crippen LogP contribution in [0, 0.1) is 0 Å². The molecule has 0 N–H and O–H groups in total. The van der Waals surface area contributed by atoms with Crippen molar-refractivity contribution in [2.24, 2.45) is 0 Å². The van der Waals surface area contributed by atoms with E-state index in [9.17, 15) is 0 Å². The Morgan fingerprint density at radius 3 is 2.50 bits per heavy atom. The van der Waals surface area contributed by atoms with E-state index in [1.807, 2.05) is 37.1 Å². The molecule has 4 aromatic rings. The Morgan fingerprint density at radius 1 is 0.912 bits per heavy atom. The van der Waals surface area contributed by atoms with Crippen LogP contribution in [-0.2, 0) is 13.0 Å². The van der Waals surface area contributed by atoms with Crippen LogP contribution in [0.15, 0.2) is 73.4 Å². The Balaban J connectivity index is 1.21. The van der Waals surface area contributed by atoms with Gasteiger partial charge < -0.3 is 9.47 Å². The number of aromatic nitrogens is 4. The Kier molecular flexibility index (Phi) is 5.77. The molecule has 1 aliphatic heterocycles. The lowest BCUT2D eigenvalue weighted by Crippen LogP contribution is -2.47. The molecule has 1 fully saturated rings. The van der Waals surface area contributed by atoms with Gasteiger partial charge >= 0.3 is 0 Å². The van der Waals surface area contributed by atoms with Crippen LogP contribution < -0.4 is 4.90 Å². The second-order valence-electron chi connectivity index (χ2n) is 9.04. The van der Waals surface area contributed by atoms with Crippen molar-refractivity contribution in [2.75, 3.05) is 37.6 Å². The van der Waals surface area contributed by atoms with Crippen molar-refractivity contribution in [3.8, 4) is 11.3 Å². The molecule has 0 saturated carbocycles. The van der Waals surface area contributed by atoms with Crippen LogP contribution in [0.2, 0.25) is 5.02 Å². The summed E-state index contributed by atoms with van der Waals surface area (Å²) in [6.45, 7) is 5.91. The summed E-state index contributed by atoms with van der Waals surface area (Å²) in [6.07, 6.45) is 8.62. The lowest BCUT2D eigenvalue weighted by molar-refractivity contribution is 0.247. The number of fused-ring (bicyclic) bond motifs is 3. The van der Waals surface area contributed by atoms with E-state index in [-0.39, 0.29) is 5.92 Å². The van der Waals surface area contributed by atoms with Gasteiger partial charge in [0.25, 0.3) is 0 Å². The molecule has 2 aromatic heterocycles. The van der Waals surface area contributed by atoms with Crippen LogP contribution in [-0.4, -0.2) is 57.1 Å². The number of hydrogen-bond donors (Lipinski definition) is 0. The van der Waals surface area contributed by atoms with Crippen molar-refractivity contribution in [1.29, 1.82) is 0 Å². The van der Waals surface area contributed by atoms with Gasteiger partial charge in [-0.1, -0.05) is 54.1 Å². The third-order valence-electron chi connectivity index (χ3n) is 7.04. The van der Waals surface area contributed by atoms with E-state index in [1.54, 1.807) is 0 Å². The van der Waals surface area contributed by atoms with Gasteiger partial charge in [-0.05, 0) is 29.2 Å². The first-order valence-electron chi connectivity index (χ1n) is 11.9. The average Bonchev–Trinajstić information content (AvgIpc) is 3.41. The van der Waals surface area contributed by atoms with Gasteiger partial charge in [-0.15, -0.1) is 0 Å². The number of halogens is 1. The van der Waals surface area contributed by atoms with E-state index in [0.29, 0.717) is 0 Å². The Hall–Kier alpha value is -3.22. The van der Waals surface area contributed by atoms with Gasteiger partial charge in [0.05, 0.1) is 12.0 Å². The van der Waals surface area contributed by atoms with Crippen LogP contribution in [0.25, 0.3) is 11.3 Å². The molecule has 6 nitrogen and oxygen atoms in total. The van der Waals surface area contributed by atoms with E-state index in [0.717, 1.165) is 67.9 Å². The zero-order valence-electron chi connectivity index (χ0n) is 19.0. The van der Waals surface area contributed by atoms with Gasteiger partial charge in [0, 0.05) is 74.4 Å². The molecule has 0 bridgehead atoms. The third-order valence-corrected chi connectivity index (χ3v) is 7.38. The van der Waals surface area contributed by atoms with Gasteiger partial charge in [0.1, 0.15) is 0 Å². The first-order valence-corrected chi connectivity index (χ1v) is 12.3. The molecule has 0 radical (unpaired) electrons. The second-order valence-corrected chi connectivity index (χ2v) is 9.45. The van der Waals surface area contributed by atoms with Crippen molar-refractivity contribution in [1.82, 2.24) is 24.4 Å². The predicted octanol–water partition coefficient (Wildman–Crippen LogP) is 4.50. The number of rotatable bonds is 5. The fourth-order valence-electron chi connectivity index (χ4n) is 5.16. The highest BCUT2D eigenvalue weighted by molar-refractivity contribution is 6.31. The number of nitrogens with zero attached hydrogens (tertiary/aromatic N) is 6. The average molecular weight is 471 g/mol. The van der Waals surface area contributed by atoms with E-state index in [2.05, 4.69) is 55.7 Å². The molecule has 0 amide bonds. The minimum Gasteiger partial charge on any atom is -0.338 e. The summed E-state index contributed by atoms with van der Waals surface area (Å²) in [7, 11) is 0. The molecule has 1 atom stereocenters. The third kappa shape index (κ3) is 4.08. The standard InChI is InChI=1S/C27H27ClN6/c28-25-8-4-3-6-22(25)24-17-20-18-30-27(31-26(20)23-7-2-1-5-21(23)24)34-15-13-32(14-16-34)11-12-33-10-9-29-19-33/h1-10,18-19,24H,11-17H2. The van der Waals surface area contributed by atoms with E-state index < -0.39 is 0 Å². The minimum atomic E-state index is 0.214. The maximum atomic E-state index is 6.59. The normalized spacial score (nSPS) is 17.9. The Bertz CT molecular complexity index is 1280. The van der Waals surface area contributed by atoms with E-state index in [4.69, 9.17) is 21.6 Å². The van der Waals surface area contributed by atoms with E-state index in [1.165, 1.54) is 16.7 Å². The molecule has 1 aliphatic carbocycles. The van der Waals surface area contributed by atoms with Crippen molar-refractivity contribution >= 4 is 17.5 Å². The molecule has 2 aliphatic rings. The van der Waals surface area contributed by atoms with Crippen molar-refractivity contribution < 1.29 is 0 Å². The molecule has 172 valence electrons. The number of hydrogen-bond acceptors (Lipinski definition) is 5. The maximum absolute atomic E-state index is 6.59. The fourth-order valence-corrected chi connectivity index (χ4v) is 5.43. The minimum absolute atomic E-state index is 0.214. The number of anilines is 1. The Labute approximate surface area is 204 Å². The number of piperazine rings is 1. The summed E-state index contributed by atoms with van der Waals surface area (Å²) < 4.78 is 2.13. The SMILES string of the molecule is Clc1ccccc1C1Cc2cnc(N3CCN(CCn4ccnc4)CC3)nc2-c2ccccc21. The van der Waals surface area contributed by atoms with Crippen LogP contribution in [0.3, 0.4) is 0 Å². The summed E-state index contributed by atoms with van der Waals surface area (Å²) in [4.78, 5) is 18.8. The Morgan fingerprint density at radius 2 is 1.71 bits per heavy atom.